The summed E-state index contributed by atoms with van der Waals surface area (Å²) >= 11 is 0.768. The van der Waals surface area contributed by atoms with Crippen molar-refractivity contribution in [3.8, 4) is 28.1 Å². The quantitative estimate of drug-likeness (QED) is 0.427. The van der Waals surface area contributed by atoms with Crippen molar-refractivity contribution >= 4 is 34.2 Å². The summed E-state index contributed by atoms with van der Waals surface area (Å²) in [7, 11) is 3.48. The number of carbonyl (C=O) groups excluding carboxylic acids is 1. The number of carbonyl (C=O) groups is 2. The van der Waals surface area contributed by atoms with Crippen LogP contribution in [0.5, 0.6) is 5.75 Å². The summed E-state index contributed by atoms with van der Waals surface area (Å²) in [5, 5.41) is 9.10. The molecule has 1 saturated heterocycles. The molecule has 11 heteroatoms. The first-order chi connectivity index (χ1) is 18.8. The van der Waals surface area contributed by atoms with Crippen LogP contribution in [0.25, 0.3) is 22.4 Å². The Bertz CT molecular complexity index is 1360. The van der Waals surface area contributed by atoms with Gasteiger partial charge in [0.25, 0.3) is 0 Å². The first-order valence-corrected chi connectivity index (χ1v) is 13.8. The minimum absolute atomic E-state index is 0.125. The molecule has 9 nitrogen and oxygen atoms in total. The first kappa shape index (κ1) is 27.0. The Morgan fingerprint density at radius 1 is 1.23 bits per heavy atom. The Balaban J connectivity index is 1.42. The van der Waals surface area contributed by atoms with Gasteiger partial charge in [0, 0.05) is 50.6 Å². The number of rotatable bonds is 8. The van der Waals surface area contributed by atoms with Crippen LogP contribution in [0.15, 0.2) is 36.5 Å². The summed E-state index contributed by atoms with van der Waals surface area (Å²) in [6.45, 7) is 2.52. The lowest BCUT2D eigenvalue weighted by atomic mass is 9.86. The summed E-state index contributed by atoms with van der Waals surface area (Å²) in [6, 6.07) is 9.21. The smallest absolute Gasteiger partial charge is 0.304 e. The van der Waals surface area contributed by atoms with Gasteiger partial charge < -0.3 is 19.5 Å². The van der Waals surface area contributed by atoms with Crippen molar-refractivity contribution in [3.63, 3.8) is 0 Å². The van der Waals surface area contributed by atoms with Gasteiger partial charge in [-0.15, -0.1) is 0 Å². The number of ether oxygens (including phenoxy) is 2. The number of benzene rings is 1. The zero-order valence-electron chi connectivity index (χ0n) is 21.9. The van der Waals surface area contributed by atoms with E-state index >= 15 is 4.39 Å². The monoisotopic (exact) mass is 554 g/mol. The predicted octanol–water partition coefficient (Wildman–Crippen LogP) is 4.71. The summed E-state index contributed by atoms with van der Waals surface area (Å²) in [5.41, 5.74) is 2.18. The minimum atomic E-state index is -1.04. The number of thiazole rings is 1. The van der Waals surface area contributed by atoms with Crippen molar-refractivity contribution in [2.45, 2.75) is 25.7 Å². The molecule has 0 spiro atoms. The zero-order valence-corrected chi connectivity index (χ0v) is 22.7. The second-order valence-corrected chi connectivity index (χ2v) is 10.9. The third-order valence-electron chi connectivity index (χ3n) is 7.29. The average molecular weight is 555 g/mol. The van der Waals surface area contributed by atoms with E-state index in [0.29, 0.717) is 37.6 Å². The van der Waals surface area contributed by atoms with Gasteiger partial charge in [-0.25, -0.2) is 9.97 Å². The number of carboxylic acid groups (broad SMARTS) is 1. The molecule has 206 valence electrons. The molecule has 0 saturated carbocycles. The lowest BCUT2D eigenvalue weighted by molar-refractivity contribution is -0.141. The number of hydrogen-bond donors (Lipinski definition) is 1. The van der Waals surface area contributed by atoms with Crippen LogP contribution in [0, 0.1) is 17.0 Å². The van der Waals surface area contributed by atoms with Crippen LogP contribution in [0.2, 0.25) is 0 Å². The second kappa shape index (κ2) is 11.7. The highest BCUT2D eigenvalue weighted by molar-refractivity contribution is 7.14. The number of likely N-dealkylation sites (N-methyl/N-ethyl adjacent to an activating group) is 1. The third-order valence-corrected chi connectivity index (χ3v) is 8.21. The van der Waals surface area contributed by atoms with Gasteiger partial charge in [0.15, 0.2) is 16.7 Å². The van der Waals surface area contributed by atoms with E-state index in [1.54, 1.807) is 18.3 Å². The van der Waals surface area contributed by atoms with Gasteiger partial charge in [0.1, 0.15) is 12.3 Å². The Morgan fingerprint density at radius 3 is 2.72 bits per heavy atom. The second-order valence-electron chi connectivity index (χ2n) is 9.96. The number of pyridine rings is 1. The van der Waals surface area contributed by atoms with E-state index in [9.17, 15) is 14.7 Å². The van der Waals surface area contributed by atoms with E-state index in [4.69, 9.17) is 9.47 Å². The topological polar surface area (TPSA) is 105 Å². The number of amides is 1. The number of fused-ring (bicyclic) bond motifs is 1. The molecular formula is C28H31FN4O5S. The molecule has 3 aromatic rings. The van der Waals surface area contributed by atoms with Crippen LogP contribution in [0.1, 0.15) is 25.7 Å². The van der Waals surface area contributed by atoms with Gasteiger partial charge in [0.2, 0.25) is 11.0 Å². The molecule has 0 radical (unpaired) electrons. The highest BCUT2D eigenvalue weighted by atomic mass is 32.1. The fourth-order valence-corrected chi connectivity index (χ4v) is 5.93. The molecule has 1 aromatic carbocycles. The molecule has 2 aromatic heterocycles. The third kappa shape index (κ3) is 5.89. The van der Waals surface area contributed by atoms with E-state index in [1.807, 2.05) is 30.1 Å². The van der Waals surface area contributed by atoms with Crippen molar-refractivity contribution in [1.29, 1.82) is 0 Å². The van der Waals surface area contributed by atoms with Gasteiger partial charge in [0.05, 0.1) is 13.0 Å². The van der Waals surface area contributed by atoms with E-state index < -0.39 is 17.0 Å². The van der Waals surface area contributed by atoms with Crippen LogP contribution in [-0.4, -0.2) is 67.4 Å². The highest BCUT2D eigenvalue weighted by Gasteiger charge is 2.31. The normalized spacial score (nSPS) is 16.3. The molecular weight excluding hydrogens is 523 g/mol. The van der Waals surface area contributed by atoms with Gasteiger partial charge in [-0.1, -0.05) is 35.6 Å². The van der Waals surface area contributed by atoms with Crippen molar-refractivity contribution < 1.29 is 28.6 Å². The number of hydrogen-bond acceptors (Lipinski definition) is 8. The summed E-state index contributed by atoms with van der Waals surface area (Å²) in [6.07, 6.45) is 3.48. The van der Waals surface area contributed by atoms with E-state index in [1.165, 1.54) is 11.9 Å². The molecule has 1 atom stereocenters. The molecule has 1 unspecified atom stereocenters. The maximum absolute atomic E-state index is 15.4. The van der Waals surface area contributed by atoms with Gasteiger partial charge in [-0.2, -0.15) is 4.39 Å². The SMILES string of the molecule is CN1CCOc2cc(-c3ccccc3-c3nc(N(C)C(=O)C(CC(=O)O)CC4CCOCC4)sc3F)cnc21. The Labute approximate surface area is 230 Å². The number of halogens is 1. The Hall–Kier alpha value is -3.57. The van der Waals surface area contributed by atoms with E-state index in [0.717, 1.165) is 47.7 Å². The molecule has 39 heavy (non-hydrogen) atoms. The molecule has 2 aliphatic rings. The molecule has 5 rings (SSSR count). The number of anilines is 2. The molecule has 1 fully saturated rings. The largest absolute Gasteiger partial charge is 0.488 e. The van der Waals surface area contributed by atoms with Crippen molar-refractivity contribution in [3.05, 3.63) is 41.7 Å². The molecule has 4 heterocycles. The van der Waals surface area contributed by atoms with E-state index in [2.05, 4.69) is 9.97 Å². The fourth-order valence-electron chi connectivity index (χ4n) is 5.15. The van der Waals surface area contributed by atoms with Crippen LogP contribution >= 0.6 is 11.3 Å². The summed E-state index contributed by atoms with van der Waals surface area (Å²) in [4.78, 5) is 37.4. The number of aliphatic carboxylic acids is 1. The van der Waals surface area contributed by atoms with Crippen LogP contribution < -0.4 is 14.5 Å². The summed E-state index contributed by atoms with van der Waals surface area (Å²) < 4.78 is 26.6. The standard InChI is InChI=1S/C28H31FN4O5S/c1-32-9-12-38-22-14-19(16-30-26(22)32)20-5-3-4-6-21(20)24-25(29)39-28(31-24)33(2)27(36)18(15-23(34)35)13-17-7-10-37-11-8-17/h3-6,14,16-18H,7-13,15H2,1-2H3,(H,34,35). The molecule has 0 bridgehead atoms. The van der Waals surface area contributed by atoms with Crippen molar-refractivity contribution in [2.75, 3.05) is 50.3 Å². The lowest BCUT2D eigenvalue weighted by Gasteiger charge is -2.27. The fraction of sp³-hybridized carbons (Fsp3) is 0.429. The summed E-state index contributed by atoms with van der Waals surface area (Å²) in [5.74, 6) is -0.514. The molecule has 2 aliphatic heterocycles. The van der Waals surface area contributed by atoms with Gasteiger partial charge >= 0.3 is 5.97 Å². The Kier molecular flexibility index (Phi) is 8.08. The number of carboxylic acids is 1. The van der Waals surface area contributed by atoms with Gasteiger partial charge in [-0.05, 0) is 36.8 Å². The van der Waals surface area contributed by atoms with E-state index in [-0.39, 0.29) is 29.1 Å². The average Bonchev–Trinajstić information content (AvgIpc) is 3.33. The molecule has 0 aliphatic carbocycles. The predicted molar refractivity (Wildman–Crippen MR) is 147 cm³/mol. The highest BCUT2D eigenvalue weighted by Crippen LogP contribution is 2.40. The van der Waals surface area contributed by atoms with Crippen LogP contribution in [0.3, 0.4) is 0 Å². The first-order valence-electron chi connectivity index (χ1n) is 13.0. The van der Waals surface area contributed by atoms with Crippen LogP contribution in [-0.2, 0) is 14.3 Å². The molecule has 1 N–H and O–H groups in total. The van der Waals surface area contributed by atoms with Gasteiger partial charge in [-0.3, -0.25) is 14.5 Å². The zero-order chi connectivity index (χ0) is 27.5. The number of nitrogens with zero attached hydrogens (tertiary/aromatic N) is 4. The minimum Gasteiger partial charge on any atom is -0.488 e. The maximum Gasteiger partial charge on any atom is 0.304 e. The number of aromatic nitrogens is 2. The maximum atomic E-state index is 15.4. The lowest BCUT2D eigenvalue weighted by Crippen LogP contribution is -2.35. The van der Waals surface area contributed by atoms with Crippen molar-refractivity contribution in [2.24, 2.45) is 11.8 Å². The Morgan fingerprint density at radius 2 is 1.97 bits per heavy atom. The van der Waals surface area contributed by atoms with Crippen molar-refractivity contribution in [1.82, 2.24) is 9.97 Å². The molecule has 1 amide bonds. The van der Waals surface area contributed by atoms with Crippen LogP contribution in [0.4, 0.5) is 15.3 Å².